The lowest BCUT2D eigenvalue weighted by Crippen LogP contribution is -2.50. The van der Waals surface area contributed by atoms with Crippen LogP contribution in [0.5, 0.6) is 11.5 Å². The van der Waals surface area contributed by atoms with E-state index in [0.717, 1.165) is 68.5 Å². The predicted octanol–water partition coefficient (Wildman–Crippen LogP) is 7.42. The first-order valence-corrected chi connectivity index (χ1v) is 14.1. The number of ether oxygens (including phenoxy) is 2. The van der Waals surface area contributed by atoms with Gasteiger partial charge in [0, 0.05) is 29.7 Å². The number of piperidine rings is 1. The van der Waals surface area contributed by atoms with E-state index in [1.54, 1.807) is 19.1 Å². The number of fused-ring (bicyclic) bond motifs is 1. The zero-order chi connectivity index (χ0) is 27.9. The second kappa shape index (κ2) is 10.8. The van der Waals surface area contributed by atoms with Crippen LogP contribution in [-0.2, 0) is 11.2 Å². The fourth-order valence-electron chi connectivity index (χ4n) is 6.31. The van der Waals surface area contributed by atoms with Crippen LogP contribution < -0.4 is 9.47 Å². The number of carbonyl (C=O) groups is 1. The van der Waals surface area contributed by atoms with Crippen molar-refractivity contribution in [1.29, 1.82) is 0 Å². The summed E-state index contributed by atoms with van der Waals surface area (Å²) < 4.78 is 50.2. The van der Waals surface area contributed by atoms with Crippen LogP contribution >= 0.6 is 11.6 Å². The zero-order valence-electron chi connectivity index (χ0n) is 22.3. The van der Waals surface area contributed by atoms with Gasteiger partial charge in [0.05, 0.1) is 5.92 Å². The molecule has 5 rings (SSSR count). The number of aryl methyl sites for hydroxylation is 1. The monoisotopic (exact) mass is 565 g/mol. The Labute approximate surface area is 232 Å². The van der Waals surface area contributed by atoms with Gasteiger partial charge in [-0.2, -0.15) is 13.2 Å². The third-order valence-corrected chi connectivity index (χ3v) is 9.02. The molecule has 2 aliphatic heterocycles. The molecule has 1 aliphatic carbocycles. The summed E-state index contributed by atoms with van der Waals surface area (Å²) in [5, 5.41) is 10.1. The Balaban J connectivity index is 1.28. The van der Waals surface area contributed by atoms with Gasteiger partial charge in [-0.05, 0) is 92.7 Å². The molecule has 3 atom stereocenters. The Morgan fingerprint density at radius 2 is 1.87 bits per heavy atom. The van der Waals surface area contributed by atoms with Gasteiger partial charge in [0.2, 0.25) is 0 Å². The van der Waals surface area contributed by atoms with E-state index in [-0.39, 0.29) is 23.3 Å². The fourth-order valence-corrected chi connectivity index (χ4v) is 6.49. The number of hydrogen-bond donors (Lipinski definition) is 1. The van der Waals surface area contributed by atoms with Crippen molar-refractivity contribution in [3.05, 3.63) is 58.1 Å². The first-order chi connectivity index (χ1) is 18.4. The summed E-state index contributed by atoms with van der Waals surface area (Å²) >= 11 is 6.20. The van der Waals surface area contributed by atoms with Crippen molar-refractivity contribution in [2.45, 2.75) is 76.1 Å². The second-order valence-electron chi connectivity index (χ2n) is 11.4. The average molecular weight is 566 g/mol. The minimum atomic E-state index is -4.42. The van der Waals surface area contributed by atoms with Gasteiger partial charge >= 0.3 is 12.1 Å². The molecule has 9 heteroatoms. The molecule has 212 valence electrons. The number of aliphatic carboxylic acids is 1. The number of benzene rings is 2. The summed E-state index contributed by atoms with van der Waals surface area (Å²) in [6.45, 7) is 3.86. The topological polar surface area (TPSA) is 59.0 Å². The zero-order valence-corrected chi connectivity index (χ0v) is 23.0. The van der Waals surface area contributed by atoms with Gasteiger partial charge in [0.1, 0.15) is 17.1 Å². The number of alkyl halides is 3. The van der Waals surface area contributed by atoms with Gasteiger partial charge in [0.25, 0.3) is 0 Å². The smallest absolute Gasteiger partial charge is 0.422 e. The Morgan fingerprint density at radius 1 is 1.15 bits per heavy atom. The van der Waals surface area contributed by atoms with E-state index in [4.69, 9.17) is 21.1 Å². The molecule has 1 saturated heterocycles. The molecule has 39 heavy (non-hydrogen) atoms. The minimum Gasteiger partial charge on any atom is -0.487 e. The highest BCUT2D eigenvalue weighted by Crippen LogP contribution is 2.49. The number of carboxylic acid groups (broad SMARTS) is 1. The minimum absolute atomic E-state index is 0.0107. The summed E-state index contributed by atoms with van der Waals surface area (Å²) in [6.07, 6.45) is 1.08. The molecule has 1 N–H and O–H groups in total. The molecule has 2 aromatic carbocycles. The van der Waals surface area contributed by atoms with Crippen LogP contribution in [0.3, 0.4) is 0 Å². The molecule has 3 aliphatic rings. The van der Waals surface area contributed by atoms with Crippen molar-refractivity contribution in [2.24, 2.45) is 11.8 Å². The Hall–Kier alpha value is -2.45. The SMILES string of the molecule is CC(c1cc(Cl)ccc1OCC(F)(F)F)N1CCC2(CCc3ccc(C(C4CC4)[C@H](C)C(=O)O)cc3O2)CC1. The van der Waals surface area contributed by atoms with E-state index in [1.165, 1.54) is 6.07 Å². The molecule has 0 radical (unpaired) electrons. The van der Waals surface area contributed by atoms with Crippen molar-refractivity contribution < 1.29 is 32.5 Å². The second-order valence-corrected chi connectivity index (χ2v) is 11.9. The number of rotatable bonds is 8. The Morgan fingerprint density at radius 3 is 2.51 bits per heavy atom. The molecule has 1 saturated carbocycles. The summed E-state index contributed by atoms with van der Waals surface area (Å²) in [4.78, 5) is 14.0. The Bertz CT molecular complexity index is 1210. The highest BCUT2D eigenvalue weighted by atomic mass is 35.5. The standard InChI is InChI=1S/C30H35ClF3NO4/c1-18(28(36)37)27(21-4-5-21)22-6-3-20-9-10-29(39-26(20)15-22)11-13-35(14-12-29)19(2)24-16-23(31)7-8-25(24)38-17-30(32,33)34/h3,6-8,15-16,18-19,21,27H,4-5,9-14,17H2,1-2H3,(H,36,37)/t18-,19?,27?/m0/s1. The lowest BCUT2D eigenvalue weighted by atomic mass is 9.80. The summed E-state index contributed by atoms with van der Waals surface area (Å²) in [5.74, 6) is 0.239. The van der Waals surface area contributed by atoms with E-state index >= 15 is 0 Å². The normalized spacial score (nSPS) is 21.5. The van der Waals surface area contributed by atoms with Crippen molar-refractivity contribution in [3.8, 4) is 11.5 Å². The molecular weight excluding hydrogens is 531 g/mol. The molecule has 0 aromatic heterocycles. The number of likely N-dealkylation sites (tertiary alicyclic amines) is 1. The average Bonchev–Trinajstić information content (AvgIpc) is 3.72. The fraction of sp³-hybridized carbons (Fsp3) is 0.567. The highest BCUT2D eigenvalue weighted by Gasteiger charge is 2.42. The lowest BCUT2D eigenvalue weighted by Gasteiger charge is -2.46. The third-order valence-electron chi connectivity index (χ3n) is 8.78. The van der Waals surface area contributed by atoms with Crippen molar-refractivity contribution >= 4 is 17.6 Å². The van der Waals surface area contributed by atoms with E-state index in [2.05, 4.69) is 23.1 Å². The molecule has 2 fully saturated rings. The molecule has 0 amide bonds. The van der Waals surface area contributed by atoms with Crippen LogP contribution in [0.1, 0.15) is 74.6 Å². The maximum Gasteiger partial charge on any atom is 0.422 e. The van der Waals surface area contributed by atoms with Crippen molar-refractivity contribution in [2.75, 3.05) is 19.7 Å². The first kappa shape index (κ1) is 28.1. The van der Waals surface area contributed by atoms with Crippen LogP contribution in [0.15, 0.2) is 36.4 Å². The summed E-state index contributed by atoms with van der Waals surface area (Å²) in [7, 11) is 0. The van der Waals surface area contributed by atoms with Gasteiger partial charge in [-0.1, -0.05) is 30.7 Å². The van der Waals surface area contributed by atoms with Crippen LogP contribution in [0.2, 0.25) is 5.02 Å². The van der Waals surface area contributed by atoms with Gasteiger partial charge < -0.3 is 14.6 Å². The van der Waals surface area contributed by atoms with Crippen LogP contribution in [0.4, 0.5) is 13.2 Å². The summed E-state index contributed by atoms with van der Waals surface area (Å²) in [6, 6.07) is 10.8. The lowest BCUT2D eigenvalue weighted by molar-refractivity contribution is -0.153. The van der Waals surface area contributed by atoms with E-state index in [9.17, 15) is 23.1 Å². The number of halogens is 4. The molecule has 2 aromatic rings. The Kier molecular flexibility index (Phi) is 7.81. The molecule has 5 nitrogen and oxygen atoms in total. The van der Waals surface area contributed by atoms with Crippen LogP contribution in [0.25, 0.3) is 0 Å². The largest absolute Gasteiger partial charge is 0.487 e. The maximum absolute atomic E-state index is 12.8. The van der Waals surface area contributed by atoms with E-state index in [0.29, 0.717) is 16.5 Å². The van der Waals surface area contributed by atoms with Crippen LogP contribution in [0, 0.1) is 11.8 Å². The molecular formula is C30H35ClF3NO4. The van der Waals surface area contributed by atoms with Crippen LogP contribution in [-0.4, -0.2) is 47.4 Å². The number of carboxylic acids is 1. The highest BCUT2D eigenvalue weighted by molar-refractivity contribution is 6.30. The van der Waals surface area contributed by atoms with Gasteiger partial charge in [-0.3, -0.25) is 9.69 Å². The van der Waals surface area contributed by atoms with Gasteiger partial charge in [-0.15, -0.1) is 0 Å². The van der Waals surface area contributed by atoms with Crippen molar-refractivity contribution in [3.63, 3.8) is 0 Å². The molecule has 1 spiro atoms. The molecule has 0 bridgehead atoms. The summed E-state index contributed by atoms with van der Waals surface area (Å²) in [5.41, 5.74) is 2.53. The number of hydrogen-bond acceptors (Lipinski definition) is 4. The quantitative estimate of drug-likeness (QED) is 0.361. The van der Waals surface area contributed by atoms with Crippen molar-refractivity contribution in [1.82, 2.24) is 4.90 Å². The van der Waals surface area contributed by atoms with Gasteiger partial charge in [0.15, 0.2) is 6.61 Å². The first-order valence-electron chi connectivity index (χ1n) is 13.7. The van der Waals surface area contributed by atoms with E-state index < -0.39 is 24.7 Å². The molecule has 2 unspecified atom stereocenters. The third kappa shape index (κ3) is 6.32. The number of nitrogens with zero attached hydrogens (tertiary/aromatic N) is 1. The predicted molar refractivity (Wildman–Crippen MR) is 143 cm³/mol. The molecule has 2 heterocycles. The van der Waals surface area contributed by atoms with Gasteiger partial charge in [-0.25, -0.2) is 0 Å². The van der Waals surface area contributed by atoms with E-state index in [1.807, 2.05) is 6.92 Å². The maximum atomic E-state index is 12.8.